The number of nitrogens with zero attached hydrogens (tertiary/aromatic N) is 3. The zero-order valence-corrected chi connectivity index (χ0v) is 11.7. The van der Waals surface area contributed by atoms with E-state index in [1.54, 1.807) is 17.9 Å². The number of β-amino-alcohol motifs (C(OH)–C–C–N with tert-alkyl or cyclic N) is 1. The summed E-state index contributed by atoms with van der Waals surface area (Å²) in [5.41, 5.74) is -0.254. The van der Waals surface area contributed by atoms with Crippen LogP contribution in [0.4, 0.5) is 19.2 Å². The Balaban J connectivity index is 1.95. The second-order valence-electron chi connectivity index (χ2n) is 5.28. The predicted octanol–water partition coefficient (Wildman–Crippen LogP) is 2.71. The minimum Gasteiger partial charge on any atom is -0.408 e. The first-order chi connectivity index (χ1) is 10.3. The van der Waals surface area contributed by atoms with Gasteiger partial charge in [-0.3, -0.25) is 0 Å². The minimum absolute atomic E-state index is 0.205. The lowest BCUT2D eigenvalue weighted by atomic mass is 10.0. The molecule has 0 unspecified atom stereocenters. The van der Waals surface area contributed by atoms with Crippen LogP contribution in [-0.2, 0) is 6.18 Å². The van der Waals surface area contributed by atoms with E-state index in [-0.39, 0.29) is 12.6 Å². The summed E-state index contributed by atoms with van der Waals surface area (Å²) in [5.74, 6) is 0.360. The molecule has 2 atom stereocenters. The van der Waals surface area contributed by atoms with E-state index in [1.807, 2.05) is 0 Å². The van der Waals surface area contributed by atoms with Crippen LogP contribution in [0.15, 0.2) is 28.7 Å². The molecule has 1 N–H and O–H groups in total. The Morgan fingerprint density at radius 3 is 2.73 bits per heavy atom. The maximum atomic E-state index is 12.9. The summed E-state index contributed by atoms with van der Waals surface area (Å²) in [6, 6.07) is 4.86. The number of aromatic nitrogens is 2. The molecule has 0 aliphatic carbocycles. The summed E-state index contributed by atoms with van der Waals surface area (Å²) in [7, 11) is 0. The molecule has 0 spiro atoms. The maximum absolute atomic E-state index is 12.9. The highest BCUT2D eigenvalue weighted by molar-refractivity contribution is 5.38. The lowest BCUT2D eigenvalue weighted by Crippen LogP contribution is -2.24. The first-order valence-electron chi connectivity index (χ1n) is 6.76. The Kier molecular flexibility index (Phi) is 3.56. The van der Waals surface area contributed by atoms with E-state index < -0.39 is 23.9 Å². The van der Waals surface area contributed by atoms with Crippen LogP contribution in [0.25, 0.3) is 0 Å². The van der Waals surface area contributed by atoms with Gasteiger partial charge < -0.3 is 14.4 Å². The SMILES string of the molecule is Cc1nnc(N2C[C@H](O)C[C@H]2c2cccc(C(F)(F)F)c2)o1. The van der Waals surface area contributed by atoms with Crippen molar-refractivity contribution < 1.29 is 22.7 Å². The van der Waals surface area contributed by atoms with E-state index in [1.165, 1.54) is 6.07 Å². The molecular weight excluding hydrogens is 299 g/mol. The molecule has 1 saturated heterocycles. The van der Waals surface area contributed by atoms with Crippen LogP contribution in [0.5, 0.6) is 0 Å². The lowest BCUT2D eigenvalue weighted by molar-refractivity contribution is -0.137. The van der Waals surface area contributed by atoms with Crippen molar-refractivity contribution in [2.24, 2.45) is 0 Å². The molecule has 2 heterocycles. The van der Waals surface area contributed by atoms with E-state index in [0.717, 1.165) is 12.1 Å². The van der Waals surface area contributed by atoms with Gasteiger partial charge in [0.15, 0.2) is 0 Å². The van der Waals surface area contributed by atoms with Gasteiger partial charge in [-0.1, -0.05) is 17.2 Å². The number of benzene rings is 1. The number of hydrogen-bond acceptors (Lipinski definition) is 5. The van der Waals surface area contributed by atoms with Crippen LogP contribution in [-0.4, -0.2) is 28.0 Å². The number of aliphatic hydroxyl groups is 1. The number of hydrogen-bond donors (Lipinski definition) is 1. The van der Waals surface area contributed by atoms with Gasteiger partial charge in [-0.25, -0.2) is 0 Å². The van der Waals surface area contributed by atoms with Crippen molar-refractivity contribution in [1.82, 2.24) is 10.2 Å². The van der Waals surface area contributed by atoms with Gasteiger partial charge >= 0.3 is 12.2 Å². The van der Waals surface area contributed by atoms with Crippen LogP contribution >= 0.6 is 0 Å². The topological polar surface area (TPSA) is 62.4 Å². The summed E-state index contributed by atoms with van der Waals surface area (Å²) in [4.78, 5) is 1.64. The lowest BCUT2D eigenvalue weighted by Gasteiger charge is -2.23. The highest BCUT2D eigenvalue weighted by atomic mass is 19.4. The van der Waals surface area contributed by atoms with Gasteiger partial charge in [0, 0.05) is 13.5 Å². The number of alkyl halides is 3. The number of halogens is 3. The highest BCUT2D eigenvalue weighted by Crippen LogP contribution is 2.38. The first kappa shape index (κ1) is 14.8. The Labute approximate surface area is 124 Å². The molecule has 5 nitrogen and oxygen atoms in total. The van der Waals surface area contributed by atoms with Crippen molar-refractivity contribution in [3.05, 3.63) is 41.3 Å². The Bertz CT molecular complexity index is 671. The van der Waals surface area contributed by atoms with E-state index in [4.69, 9.17) is 4.42 Å². The van der Waals surface area contributed by atoms with Crippen LogP contribution < -0.4 is 4.90 Å². The molecule has 3 rings (SSSR count). The summed E-state index contributed by atoms with van der Waals surface area (Å²) < 4.78 is 43.9. The van der Waals surface area contributed by atoms with Gasteiger partial charge in [0.2, 0.25) is 5.89 Å². The fourth-order valence-corrected chi connectivity index (χ4v) is 2.67. The van der Waals surface area contributed by atoms with Gasteiger partial charge in [-0.15, -0.1) is 5.10 Å². The average molecular weight is 313 g/mol. The van der Waals surface area contributed by atoms with Crippen LogP contribution in [0.2, 0.25) is 0 Å². The molecule has 1 aromatic carbocycles. The van der Waals surface area contributed by atoms with Gasteiger partial charge in [0.05, 0.1) is 17.7 Å². The van der Waals surface area contributed by atoms with Gasteiger partial charge in [0.1, 0.15) is 0 Å². The highest BCUT2D eigenvalue weighted by Gasteiger charge is 2.37. The van der Waals surface area contributed by atoms with Crippen molar-refractivity contribution in [1.29, 1.82) is 0 Å². The third-order valence-corrected chi connectivity index (χ3v) is 3.64. The third kappa shape index (κ3) is 2.78. The van der Waals surface area contributed by atoms with Crippen LogP contribution in [0, 0.1) is 6.92 Å². The molecule has 1 aliphatic rings. The van der Waals surface area contributed by atoms with Crippen molar-refractivity contribution in [3.8, 4) is 0 Å². The average Bonchev–Trinajstić information content (AvgIpc) is 3.04. The summed E-state index contributed by atoms with van der Waals surface area (Å²) in [6.07, 6.45) is -4.76. The molecule has 0 saturated carbocycles. The molecule has 22 heavy (non-hydrogen) atoms. The largest absolute Gasteiger partial charge is 0.416 e. The Morgan fingerprint density at radius 1 is 1.32 bits per heavy atom. The number of aryl methyl sites for hydroxylation is 1. The molecular formula is C14H14F3N3O2. The first-order valence-corrected chi connectivity index (χ1v) is 6.76. The third-order valence-electron chi connectivity index (χ3n) is 3.64. The Morgan fingerprint density at radius 2 is 2.09 bits per heavy atom. The van der Waals surface area contributed by atoms with Crippen molar-refractivity contribution in [2.45, 2.75) is 31.7 Å². The molecule has 1 aliphatic heterocycles. The number of rotatable bonds is 2. The number of anilines is 1. The monoisotopic (exact) mass is 313 g/mol. The zero-order chi connectivity index (χ0) is 15.9. The van der Waals surface area contributed by atoms with Crippen molar-refractivity contribution in [3.63, 3.8) is 0 Å². The number of aliphatic hydroxyl groups excluding tert-OH is 1. The molecule has 0 bridgehead atoms. The normalized spacial score (nSPS) is 22.3. The van der Waals surface area contributed by atoms with E-state index in [2.05, 4.69) is 10.2 Å². The molecule has 0 amide bonds. The van der Waals surface area contributed by atoms with Gasteiger partial charge in [0.25, 0.3) is 0 Å². The molecule has 0 radical (unpaired) electrons. The summed E-state index contributed by atoms with van der Waals surface area (Å²) in [5, 5.41) is 17.5. The molecule has 8 heteroatoms. The summed E-state index contributed by atoms with van der Waals surface area (Å²) >= 11 is 0. The van der Waals surface area contributed by atoms with Crippen LogP contribution in [0.3, 0.4) is 0 Å². The van der Waals surface area contributed by atoms with Gasteiger partial charge in [-0.2, -0.15) is 13.2 Å². The van der Waals surface area contributed by atoms with E-state index in [0.29, 0.717) is 17.9 Å². The molecule has 1 aromatic heterocycles. The van der Waals surface area contributed by atoms with E-state index in [9.17, 15) is 18.3 Å². The zero-order valence-electron chi connectivity index (χ0n) is 11.7. The second kappa shape index (κ2) is 5.28. The molecule has 2 aromatic rings. The standard InChI is InChI=1S/C14H14F3N3O2/c1-8-18-19-13(22-8)20-7-11(21)6-12(20)9-3-2-4-10(5-9)14(15,16)17/h2-5,11-12,21H,6-7H2,1H3/t11-,12+/m1/s1. The van der Waals surface area contributed by atoms with Crippen LogP contribution in [0.1, 0.15) is 29.5 Å². The maximum Gasteiger partial charge on any atom is 0.416 e. The van der Waals surface area contributed by atoms with Crippen molar-refractivity contribution in [2.75, 3.05) is 11.4 Å². The Hall–Kier alpha value is -2.09. The summed E-state index contributed by atoms with van der Waals surface area (Å²) in [6.45, 7) is 1.87. The minimum atomic E-state index is -4.40. The fraction of sp³-hybridized carbons (Fsp3) is 0.429. The van der Waals surface area contributed by atoms with Gasteiger partial charge in [-0.05, 0) is 24.1 Å². The predicted molar refractivity (Wildman–Crippen MR) is 71.2 cm³/mol. The quantitative estimate of drug-likeness (QED) is 0.923. The second-order valence-corrected chi connectivity index (χ2v) is 5.28. The molecule has 118 valence electrons. The molecule has 1 fully saturated rings. The smallest absolute Gasteiger partial charge is 0.408 e. The fourth-order valence-electron chi connectivity index (χ4n) is 2.67. The van der Waals surface area contributed by atoms with E-state index >= 15 is 0 Å². The van der Waals surface area contributed by atoms with Crippen molar-refractivity contribution >= 4 is 6.01 Å².